The van der Waals surface area contributed by atoms with E-state index in [1.807, 2.05) is 0 Å². The highest BCUT2D eigenvalue weighted by Gasteiger charge is 2.12. The highest BCUT2D eigenvalue weighted by molar-refractivity contribution is 5.74. The average molecular weight is 159 g/mol. The molecule has 2 N–H and O–H groups in total. The SMILES string of the molecule is C=N[C@@H](CCCCO)C(=O)O. The van der Waals surface area contributed by atoms with Gasteiger partial charge in [-0.2, -0.15) is 0 Å². The molecule has 11 heavy (non-hydrogen) atoms. The third-order valence-corrected chi connectivity index (χ3v) is 1.39. The fourth-order valence-corrected chi connectivity index (χ4v) is 0.742. The van der Waals surface area contributed by atoms with Crippen LogP contribution in [0.5, 0.6) is 0 Å². The lowest BCUT2D eigenvalue weighted by Gasteiger charge is -2.04. The van der Waals surface area contributed by atoms with E-state index in [4.69, 9.17) is 10.2 Å². The largest absolute Gasteiger partial charge is 0.480 e. The molecule has 64 valence electrons. The Labute approximate surface area is 65.6 Å². The summed E-state index contributed by atoms with van der Waals surface area (Å²) in [4.78, 5) is 13.8. The molecule has 0 bridgehead atoms. The lowest BCUT2D eigenvalue weighted by molar-refractivity contribution is -0.138. The second kappa shape index (κ2) is 5.85. The molecule has 0 unspecified atom stereocenters. The zero-order valence-electron chi connectivity index (χ0n) is 6.36. The monoisotopic (exact) mass is 159 g/mol. The van der Waals surface area contributed by atoms with E-state index >= 15 is 0 Å². The first-order valence-electron chi connectivity index (χ1n) is 3.52. The summed E-state index contributed by atoms with van der Waals surface area (Å²) in [5.74, 6) is -0.946. The summed E-state index contributed by atoms with van der Waals surface area (Å²) >= 11 is 0. The van der Waals surface area contributed by atoms with Crippen molar-refractivity contribution in [3.8, 4) is 0 Å². The van der Waals surface area contributed by atoms with Gasteiger partial charge < -0.3 is 10.2 Å². The van der Waals surface area contributed by atoms with Crippen LogP contribution in [0.25, 0.3) is 0 Å². The number of rotatable bonds is 6. The Bertz CT molecular complexity index is 136. The van der Waals surface area contributed by atoms with Gasteiger partial charge in [0.15, 0.2) is 0 Å². The quantitative estimate of drug-likeness (QED) is 0.432. The zero-order chi connectivity index (χ0) is 8.69. The van der Waals surface area contributed by atoms with E-state index in [9.17, 15) is 4.79 Å². The summed E-state index contributed by atoms with van der Waals surface area (Å²) in [6.45, 7) is 3.27. The van der Waals surface area contributed by atoms with Gasteiger partial charge >= 0.3 is 5.97 Å². The predicted octanol–water partition coefficient (Wildman–Crippen LogP) is 0.303. The number of aliphatic carboxylic acids is 1. The Morgan fingerprint density at radius 1 is 1.55 bits per heavy atom. The van der Waals surface area contributed by atoms with Gasteiger partial charge in [0.05, 0.1) is 0 Å². The van der Waals surface area contributed by atoms with Gasteiger partial charge in [0.25, 0.3) is 0 Å². The molecular weight excluding hydrogens is 146 g/mol. The molecule has 4 heteroatoms. The third kappa shape index (κ3) is 4.50. The third-order valence-electron chi connectivity index (χ3n) is 1.39. The van der Waals surface area contributed by atoms with Gasteiger partial charge in [-0.25, -0.2) is 4.79 Å². The summed E-state index contributed by atoms with van der Waals surface area (Å²) in [6.07, 6.45) is 1.76. The number of nitrogens with zero attached hydrogens (tertiary/aromatic N) is 1. The minimum atomic E-state index is -0.946. The molecule has 0 fully saturated rings. The molecule has 4 nitrogen and oxygen atoms in total. The highest BCUT2D eigenvalue weighted by atomic mass is 16.4. The molecule has 0 aromatic rings. The standard InChI is InChI=1S/C7H13NO3/c1-8-6(7(10)11)4-2-3-5-9/h6,9H,1-5H2,(H,10,11)/t6-/m0/s1. The summed E-state index contributed by atoms with van der Waals surface area (Å²) in [5.41, 5.74) is 0. The number of unbranched alkanes of at least 4 members (excludes halogenated alkanes) is 1. The van der Waals surface area contributed by atoms with E-state index in [1.54, 1.807) is 0 Å². The van der Waals surface area contributed by atoms with Gasteiger partial charge in [0, 0.05) is 6.61 Å². The Balaban J connectivity index is 3.52. The number of aliphatic hydroxyl groups is 1. The normalized spacial score (nSPS) is 12.5. The smallest absolute Gasteiger partial charge is 0.328 e. The maximum Gasteiger partial charge on any atom is 0.328 e. The molecule has 0 aromatic heterocycles. The highest BCUT2D eigenvalue weighted by Crippen LogP contribution is 2.03. The summed E-state index contributed by atoms with van der Waals surface area (Å²) in [5, 5.41) is 16.9. The fraction of sp³-hybridized carbons (Fsp3) is 0.714. The van der Waals surface area contributed by atoms with Crippen molar-refractivity contribution < 1.29 is 15.0 Å². The van der Waals surface area contributed by atoms with Gasteiger partial charge in [0.2, 0.25) is 0 Å². The van der Waals surface area contributed by atoms with Crippen molar-refractivity contribution in [1.82, 2.24) is 0 Å². The predicted molar refractivity (Wildman–Crippen MR) is 41.9 cm³/mol. The fourth-order valence-electron chi connectivity index (χ4n) is 0.742. The van der Waals surface area contributed by atoms with E-state index < -0.39 is 12.0 Å². The number of carbonyl (C=O) groups is 1. The maximum atomic E-state index is 10.3. The minimum absolute atomic E-state index is 0.101. The number of aliphatic imine (C=N–C) groups is 1. The van der Waals surface area contributed by atoms with Gasteiger partial charge in [0.1, 0.15) is 6.04 Å². The first kappa shape index (κ1) is 10.1. The molecule has 0 aliphatic carbocycles. The van der Waals surface area contributed by atoms with E-state index in [-0.39, 0.29) is 6.61 Å². The molecule has 0 heterocycles. The van der Waals surface area contributed by atoms with Gasteiger partial charge in [-0.15, -0.1) is 0 Å². The minimum Gasteiger partial charge on any atom is -0.480 e. The topological polar surface area (TPSA) is 69.9 Å². The molecule has 0 aliphatic rings. The van der Waals surface area contributed by atoms with Crippen LogP contribution >= 0.6 is 0 Å². The zero-order valence-corrected chi connectivity index (χ0v) is 6.36. The molecule has 0 aromatic carbocycles. The van der Waals surface area contributed by atoms with Crippen molar-refractivity contribution >= 4 is 12.7 Å². The maximum absolute atomic E-state index is 10.3. The molecule has 0 spiro atoms. The molecule has 0 radical (unpaired) electrons. The van der Waals surface area contributed by atoms with Crippen molar-refractivity contribution in [2.45, 2.75) is 25.3 Å². The molecule has 0 aliphatic heterocycles. The molecular formula is C7H13NO3. The van der Waals surface area contributed by atoms with Crippen molar-refractivity contribution in [2.75, 3.05) is 6.61 Å². The Hall–Kier alpha value is -0.900. The van der Waals surface area contributed by atoms with Crippen molar-refractivity contribution in [3.63, 3.8) is 0 Å². The Morgan fingerprint density at radius 3 is 2.55 bits per heavy atom. The lowest BCUT2D eigenvalue weighted by Crippen LogP contribution is -2.17. The van der Waals surface area contributed by atoms with Crippen LogP contribution in [0.15, 0.2) is 4.99 Å². The van der Waals surface area contributed by atoms with Crippen molar-refractivity contribution in [1.29, 1.82) is 0 Å². The van der Waals surface area contributed by atoms with Crippen LogP contribution in [0.4, 0.5) is 0 Å². The number of aliphatic hydroxyl groups excluding tert-OH is 1. The average Bonchev–Trinajstić information content (AvgIpc) is 1.97. The van der Waals surface area contributed by atoms with Crippen LogP contribution in [0.2, 0.25) is 0 Å². The van der Waals surface area contributed by atoms with Crippen LogP contribution in [0.1, 0.15) is 19.3 Å². The van der Waals surface area contributed by atoms with Gasteiger partial charge in [-0.3, -0.25) is 4.99 Å². The van der Waals surface area contributed by atoms with E-state index in [0.29, 0.717) is 19.3 Å². The van der Waals surface area contributed by atoms with Crippen LogP contribution < -0.4 is 0 Å². The Kier molecular flexibility index (Phi) is 5.37. The second-order valence-corrected chi connectivity index (χ2v) is 2.26. The van der Waals surface area contributed by atoms with Crippen LogP contribution in [0, 0.1) is 0 Å². The van der Waals surface area contributed by atoms with Crippen LogP contribution in [-0.2, 0) is 4.79 Å². The number of carboxylic acid groups (broad SMARTS) is 1. The summed E-state index contributed by atoms with van der Waals surface area (Å²) < 4.78 is 0. The van der Waals surface area contributed by atoms with E-state index in [0.717, 1.165) is 0 Å². The van der Waals surface area contributed by atoms with Crippen molar-refractivity contribution in [2.24, 2.45) is 4.99 Å². The van der Waals surface area contributed by atoms with Crippen LogP contribution in [0.3, 0.4) is 0 Å². The van der Waals surface area contributed by atoms with E-state index in [2.05, 4.69) is 11.7 Å². The van der Waals surface area contributed by atoms with Crippen LogP contribution in [-0.4, -0.2) is 35.5 Å². The summed E-state index contributed by atoms with van der Waals surface area (Å²) in [7, 11) is 0. The summed E-state index contributed by atoms with van der Waals surface area (Å²) in [6, 6.07) is -0.707. The number of carboxylic acids is 1. The molecule has 0 amide bonds. The number of hydrogen-bond acceptors (Lipinski definition) is 3. The van der Waals surface area contributed by atoms with Gasteiger partial charge in [-0.05, 0) is 26.0 Å². The first-order valence-corrected chi connectivity index (χ1v) is 3.52. The Morgan fingerprint density at radius 2 is 2.18 bits per heavy atom. The number of hydrogen-bond donors (Lipinski definition) is 2. The molecule has 0 saturated heterocycles. The molecule has 0 saturated carbocycles. The van der Waals surface area contributed by atoms with Crippen molar-refractivity contribution in [3.05, 3.63) is 0 Å². The lowest BCUT2D eigenvalue weighted by atomic mass is 10.1. The molecule has 1 atom stereocenters. The molecule has 0 rings (SSSR count). The van der Waals surface area contributed by atoms with E-state index in [1.165, 1.54) is 0 Å². The first-order chi connectivity index (χ1) is 5.22. The van der Waals surface area contributed by atoms with Gasteiger partial charge in [-0.1, -0.05) is 0 Å². The second-order valence-electron chi connectivity index (χ2n) is 2.26.